The molecule has 0 aliphatic heterocycles. The van der Waals surface area contributed by atoms with Crippen LogP contribution in [0.5, 0.6) is 0 Å². The summed E-state index contributed by atoms with van der Waals surface area (Å²) < 4.78 is 11.5. The zero-order valence-electron chi connectivity index (χ0n) is 15.3. The largest absolute Gasteiger partial charge is 0.381 e. The molecule has 0 aromatic heterocycles. The molecule has 1 aliphatic carbocycles. The highest BCUT2D eigenvalue weighted by Gasteiger charge is 2.46. The van der Waals surface area contributed by atoms with Crippen LogP contribution in [0.25, 0.3) is 0 Å². The summed E-state index contributed by atoms with van der Waals surface area (Å²) in [6.45, 7) is 8.48. The summed E-state index contributed by atoms with van der Waals surface area (Å²) in [5, 5.41) is 11.6. The SMILES string of the molecule is CCC(OC)(OC)c1ccccc1C1(O)CCC=C1C(C)(C)C. The van der Waals surface area contributed by atoms with Crippen molar-refractivity contribution in [2.75, 3.05) is 14.2 Å². The predicted octanol–water partition coefficient (Wildman–Crippen LogP) is 4.50. The van der Waals surface area contributed by atoms with Crippen molar-refractivity contribution in [2.24, 2.45) is 5.41 Å². The molecule has 0 saturated heterocycles. The molecule has 2 rings (SSSR count). The standard InChI is InChI=1S/C20H30O3/c1-7-20(22-5,23-6)16-12-9-8-11-15(16)19(21)14-10-13-17(19)18(2,3)4/h8-9,11-13,21H,7,10,14H2,1-6H3. The van der Waals surface area contributed by atoms with Crippen molar-refractivity contribution in [3.8, 4) is 0 Å². The molecule has 0 fully saturated rings. The van der Waals surface area contributed by atoms with Gasteiger partial charge in [0.25, 0.3) is 0 Å². The molecule has 0 amide bonds. The van der Waals surface area contributed by atoms with Gasteiger partial charge in [-0.1, -0.05) is 58.0 Å². The normalized spacial score (nSPS) is 22.3. The smallest absolute Gasteiger partial charge is 0.194 e. The molecule has 0 spiro atoms. The third kappa shape index (κ3) is 2.98. The van der Waals surface area contributed by atoms with Crippen LogP contribution in [0.1, 0.15) is 58.1 Å². The van der Waals surface area contributed by atoms with Crippen molar-refractivity contribution >= 4 is 0 Å². The van der Waals surface area contributed by atoms with E-state index in [1.807, 2.05) is 31.2 Å². The first-order valence-electron chi connectivity index (χ1n) is 8.39. The monoisotopic (exact) mass is 318 g/mol. The minimum absolute atomic E-state index is 0.0899. The predicted molar refractivity (Wildman–Crippen MR) is 93.1 cm³/mol. The Balaban J connectivity index is 2.64. The molecule has 0 bridgehead atoms. The Hall–Kier alpha value is -1.16. The van der Waals surface area contributed by atoms with Crippen LogP contribution >= 0.6 is 0 Å². The number of benzene rings is 1. The Morgan fingerprint density at radius 2 is 1.74 bits per heavy atom. The summed E-state index contributed by atoms with van der Waals surface area (Å²) in [7, 11) is 3.31. The summed E-state index contributed by atoms with van der Waals surface area (Å²) >= 11 is 0. The fourth-order valence-corrected chi connectivity index (χ4v) is 3.89. The van der Waals surface area contributed by atoms with Gasteiger partial charge < -0.3 is 14.6 Å². The van der Waals surface area contributed by atoms with Crippen LogP contribution in [0.3, 0.4) is 0 Å². The molecule has 23 heavy (non-hydrogen) atoms. The lowest BCUT2D eigenvalue weighted by Crippen LogP contribution is -2.38. The lowest BCUT2D eigenvalue weighted by Gasteiger charge is -2.40. The fraction of sp³-hybridized carbons (Fsp3) is 0.600. The molecule has 0 saturated carbocycles. The number of allylic oxidation sites excluding steroid dienone is 1. The Labute approximate surface area is 140 Å². The van der Waals surface area contributed by atoms with E-state index >= 15 is 0 Å². The van der Waals surface area contributed by atoms with E-state index in [1.165, 1.54) is 0 Å². The Morgan fingerprint density at radius 3 is 2.26 bits per heavy atom. The molecule has 1 aliphatic rings. The van der Waals surface area contributed by atoms with Crippen molar-refractivity contribution in [2.45, 2.75) is 58.3 Å². The number of aliphatic hydroxyl groups is 1. The summed E-state index contributed by atoms with van der Waals surface area (Å²) in [6.07, 6.45) is 4.44. The number of hydrogen-bond acceptors (Lipinski definition) is 3. The molecule has 3 heteroatoms. The van der Waals surface area contributed by atoms with Crippen molar-refractivity contribution in [1.29, 1.82) is 0 Å². The lowest BCUT2D eigenvalue weighted by molar-refractivity contribution is -0.219. The van der Waals surface area contributed by atoms with Gasteiger partial charge in [0.15, 0.2) is 5.79 Å². The summed E-state index contributed by atoms with van der Waals surface area (Å²) in [4.78, 5) is 0. The van der Waals surface area contributed by atoms with Crippen molar-refractivity contribution in [3.63, 3.8) is 0 Å². The maximum Gasteiger partial charge on any atom is 0.194 e. The van der Waals surface area contributed by atoms with Gasteiger partial charge in [0.2, 0.25) is 0 Å². The average Bonchev–Trinajstić information content (AvgIpc) is 2.93. The number of rotatable bonds is 5. The molecule has 0 radical (unpaired) electrons. The molecule has 1 N–H and O–H groups in total. The average molecular weight is 318 g/mol. The lowest BCUT2D eigenvalue weighted by atomic mass is 9.72. The van der Waals surface area contributed by atoms with Crippen molar-refractivity contribution in [1.82, 2.24) is 0 Å². The zero-order valence-corrected chi connectivity index (χ0v) is 15.3. The van der Waals surface area contributed by atoms with E-state index in [1.54, 1.807) is 14.2 Å². The highest BCUT2D eigenvalue weighted by Crippen LogP contribution is 2.50. The van der Waals surface area contributed by atoms with E-state index in [9.17, 15) is 5.11 Å². The maximum absolute atomic E-state index is 11.6. The van der Waals surface area contributed by atoms with E-state index in [2.05, 4.69) is 26.8 Å². The first-order valence-corrected chi connectivity index (χ1v) is 8.39. The second-order valence-corrected chi connectivity index (χ2v) is 7.33. The number of ether oxygens (including phenoxy) is 2. The Bertz CT molecular complexity index is 571. The Morgan fingerprint density at radius 1 is 1.13 bits per heavy atom. The van der Waals surface area contributed by atoms with Gasteiger partial charge in [-0.2, -0.15) is 0 Å². The van der Waals surface area contributed by atoms with Gasteiger partial charge in [-0.3, -0.25) is 0 Å². The molecule has 3 nitrogen and oxygen atoms in total. The quantitative estimate of drug-likeness (QED) is 0.642. The molecule has 0 heterocycles. The van der Waals surface area contributed by atoms with E-state index < -0.39 is 11.4 Å². The van der Waals surface area contributed by atoms with Crippen LogP contribution in [0.4, 0.5) is 0 Å². The van der Waals surface area contributed by atoms with E-state index in [0.717, 1.165) is 23.1 Å². The molecule has 1 unspecified atom stereocenters. The van der Waals surface area contributed by atoms with E-state index in [0.29, 0.717) is 12.8 Å². The van der Waals surface area contributed by atoms with Gasteiger partial charge >= 0.3 is 0 Å². The van der Waals surface area contributed by atoms with Gasteiger partial charge in [-0.25, -0.2) is 0 Å². The van der Waals surface area contributed by atoms with Crippen molar-refractivity contribution in [3.05, 3.63) is 47.0 Å². The summed E-state index contributed by atoms with van der Waals surface area (Å²) in [6, 6.07) is 7.95. The molecule has 1 aromatic rings. The minimum Gasteiger partial charge on any atom is -0.381 e. The van der Waals surface area contributed by atoms with Gasteiger partial charge in [-0.15, -0.1) is 0 Å². The summed E-state index contributed by atoms with van der Waals surface area (Å²) in [5.41, 5.74) is 1.82. The van der Waals surface area contributed by atoms with Crippen LogP contribution in [0.2, 0.25) is 0 Å². The van der Waals surface area contributed by atoms with Crippen LogP contribution in [0.15, 0.2) is 35.9 Å². The van der Waals surface area contributed by atoms with Crippen LogP contribution < -0.4 is 0 Å². The molecular weight excluding hydrogens is 288 g/mol. The molecule has 1 aromatic carbocycles. The Kier molecular flexibility index (Phi) is 5.05. The number of hydrogen-bond donors (Lipinski definition) is 1. The van der Waals surface area contributed by atoms with Crippen LogP contribution in [-0.4, -0.2) is 19.3 Å². The highest BCUT2D eigenvalue weighted by atomic mass is 16.7. The first kappa shape index (κ1) is 18.2. The fourth-order valence-electron chi connectivity index (χ4n) is 3.89. The van der Waals surface area contributed by atoms with Gasteiger partial charge in [-0.05, 0) is 29.4 Å². The molecule has 128 valence electrons. The van der Waals surface area contributed by atoms with Gasteiger partial charge in [0, 0.05) is 26.2 Å². The highest BCUT2D eigenvalue weighted by molar-refractivity contribution is 5.45. The second-order valence-electron chi connectivity index (χ2n) is 7.33. The maximum atomic E-state index is 11.6. The topological polar surface area (TPSA) is 38.7 Å². The summed E-state index contributed by atoms with van der Waals surface area (Å²) in [5.74, 6) is -0.835. The third-order valence-electron chi connectivity index (χ3n) is 5.02. The minimum atomic E-state index is -0.966. The third-order valence-corrected chi connectivity index (χ3v) is 5.02. The van der Waals surface area contributed by atoms with Crippen LogP contribution in [0, 0.1) is 5.41 Å². The number of methoxy groups -OCH3 is 2. The van der Waals surface area contributed by atoms with Crippen molar-refractivity contribution < 1.29 is 14.6 Å². The second kappa shape index (κ2) is 6.39. The van der Waals surface area contributed by atoms with E-state index in [4.69, 9.17) is 9.47 Å². The zero-order chi connectivity index (χ0) is 17.3. The first-order chi connectivity index (χ1) is 10.7. The molecule has 1 atom stereocenters. The van der Waals surface area contributed by atoms with Gasteiger partial charge in [0.1, 0.15) is 5.60 Å². The van der Waals surface area contributed by atoms with Crippen LogP contribution in [-0.2, 0) is 20.9 Å². The van der Waals surface area contributed by atoms with Gasteiger partial charge in [0.05, 0.1) is 0 Å². The molecular formula is C20H30O3. The van der Waals surface area contributed by atoms with E-state index in [-0.39, 0.29) is 5.41 Å².